The Balaban J connectivity index is 3.02. The molecule has 3 heteroatoms. The lowest BCUT2D eigenvalue weighted by molar-refractivity contribution is -0.143. The molecule has 0 aromatic rings. The zero-order valence-corrected chi connectivity index (χ0v) is 14.6. The number of carbonyl (C=O) groups is 2. The van der Waals surface area contributed by atoms with E-state index in [2.05, 4.69) is 0 Å². The Hall–Kier alpha value is -0.860. The molecular formula is C19H36O3. The summed E-state index contributed by atoms with van der Waals surface area (Å²) in [7, 11) is 0. The molecule has 0 aromatic heterocycles. The Morgan fingerprint density at radius 3 is 1.55 bits per heavy atom. The van der Waals surface area contributed by atoms with Crippen LogP contribution in [0.2, 0.25) is 0 Å². The van der Waals surface area contributed by atoms with Crippen molar-refractivity contribution in [1.82, 2.24) is 0 Å². The minimum Gasteiger partial charge on any atom is -0.466 e. The summed E-state index contributed by atoms with van der Waals surface area (Å²) in [5.41, 5.74) is 0. The van der Waals surface area contributed by atoms with Crippen molar-refractivity contribution in [3.8, 4) is 0 Å². The van der Waals surface area contributed by atoms with E-state index >= 15 is 0 Å². The number of rotatable bonds is 17. The van der Waals surface area contributed by atoms with Gasteiger partial charge in [-0.15, -0.1) is 0 Å². The maximum absolute atomic E-state index is 11.1. The smallest absolute Gasteiger partial charge is 0.305 e. The van der Waals surface area contributed by atoms with Gasteiger partial charge in [0, 0.05) is 12.8 Å². The minimum absolute atomic E-state index is 0.0475. The zero-order chi connectivity index (χ0) is 16.3. The molecule has 3 nitrogen and oxygen atoms in total. The number of hydrogen-bond acceptors (Lipinski definition) is 3. The van der Waals surface area contributed by atoms with Gasteiger partial charge in [-0.1, -0.05) is 70.6 Å². The lowest BCUT2D eigenvalue weighted by Gasteiger charge is -2.03. The first-order valence-corrected chi connectivity index (χ1v) is 9.40. The highest BCUT2D eigenvalue weighted by molar-refractivity contribution is 5.69. The third kappa shape index (κ3) is 17.2. The molecule has 0 aliphatic carbocycles. The van der Waals surface area contributed by atoms with Gasteiger partial charge < -0.3 is 9.53 Å². The fourth-order valence-corrected chi connectivity index (χ4v) is 2.67. The summed E-state index contributed by atoms with van der Waals surface area (Å²) in [4.78, 5) is 21.3. The highest BCUT2D eigenvalue weighted by atomic mass is 16.5. The molecule has 0 N–H and O–H groups in total. The SMILES string of the molecule is CCOC(=O)CCCCCCCCCCCCCCCC=O. The summed E-state index contributed by atoms with van der Waals surface area (Å²) in [6.07, 6.45) is 18.7. The summed E-state index contributed by atoms with van der Waals surface area (Å²) in [6, 6.07) is 0. The fourth-order valence-electron chi connectivity index (χ4n) is 2.67. The number of aldehydes is 1. The zero-order valence-electron chi connectivity index (χ0n) is 14.6. The van der Waals surface area contributed by atoms with Crippen molar-refractivity contribution in [3.05, 3.63) is 0 Å². The Kier molecular flexibility index (Phi) is 17.5. The molecule has 130 valence electrons. The molecular weight excluding hydrogens is 276 g/mol. The molecule has 0 saturated heterocycles. The normalized spacial score (nSPS) is 10.6. The van der Waals surface area contributed by atoms with E-state index in [1.54, 1.807) is 0 Å². The summed E-state index contributed by atoms with van der Waals surface area (Å²) in [5, 5.41) is 0. The van der Waals surface area contributed by atoms with E-state index in [4.69, 9.17) is 4.74 Å². The van der Waals surface area contributed by atoms with Crippen LogP contribution in [-0.4, -0.2) is 18.9 Å². The summed E-state index contributed by atoms with van der Waals surface area (Å²) >= 11 is 0. The van der Waals surface area contributed by atoms with Gasteiger partial charge in [-0.05, 0) is 19.8 Å². The largest absolute Gasteiger partial charge is 0.466 e. The van der Waals surface area contributed by atoms with Crippen LogP contribution in [0.4, 0.5) is 0 Å². The number of hydrogen-bond donors (Lipinski definition) is 0. The molecule has 0 rings (SSSR count). The Morgan fingerprint density at radius 1 is 0.727 bits per heavy atom. The molecule has 0 heterocycles. The molecule has 0 fully saturated rings. The van der Waals surface area contributed by atoms with Gasteiger partial charge >= 0.3 is 5.97 Å². The van der Waals surface area contributed by atoms with Gasteiger partial charge in [0.1, 0.15) is 6.29 Å². The third-order valence-electron chi connectivity index (χ3n) is 4.01. The van der Waals surface area contributed by atoms with Gasteiger partial charge in [-0.3, -0.25) is 4.79 Å². The van der Waals surface area contributed by atoms with Gasteiger partial charge in [-0.2, -0.15) is 0 Å². The van der Waals surface area contributed by atoms with Crippen molar-refractivity contribution in [3.63, 3.8) is 0 Å². The first-order chi connectivity index (χ1) is 10.8. The molecule has 0 aromatic carbocycles. The second kappa shape index (κ2) is 18.2. The van der Waals surface area contributed by atoms with E-state index in [9.17, 15) is 9.59 Å². The molecule has 0 spiro atoms. The van der Waals surface area contributed by atoms with Gasteiger partial charge in [0.05, 0.1) is 6.61 Å². The van der Waals surface area contributed by atoms with Gasteiger partial charge in [0.25, 0.3) is 0 Å². The van der Waals surface area contributed by atoms with Crippen LogP contribution < -0.4 is 0 Å². The number of unbranched alkanes of at least 4 members (excludes halogenated alkanes) is 13. The Labute approximate surface area is 137 Å². The third-order valence-corrected chi connectivity index (χ3v) is 4.01. The molecule has 22 heavy (non-hydrogen) atoms. The summed E-state index contributed by atoms with van der Waals surface area (Å²) in [5.74, 6) is -0.0475. The second-order valence-electron chi connectivity index (χ2n) is 6.11. The van der Waals surface area contributed by atoms with Crippen LogP contribution in [0, 0.1) is 0 Å². The average molecular weight is 312 g/mol. The summed E-state index contributed by atoms with van der Waals surface area (Å²) in [6.45, 7) is 2.35. The van der Waals surface area contributed by atoms with Crippen LogP contribution in [0.1, 0.15) is 103 Å². The average Bonchev–Trinajstić information content (AvgIpc) is 2.51. The van der Waals surface area contributed by atoms with E-state index in [-0.39, 0.29) is 5.97 Å². The maximum atomic E-state index is 11.1. The number of esters is 1. The quantitative estimate of drug-likeness (QED) is 0.199. The van der Waals surface area contributed by atoms with Gasteiger partial charge in [0.2, 0.25) is 0 Å². The predicted octanol–water partition coefficient (Wildman–Crippen LogP) is 5.60. The highest BCUT2D eigenvalue weighted by Gasteiger charge is 2.00. The lowest BCUT2D eigenvalue weighted by Crippen LogP contribution is -2.03. The number of carbonyl (C=O) groups excluding carboxylic acids is 2. The fraction of sp³-hybridized carbons (Fsp3) is 0.895. The maximum Gasteiger partial charge on any atom is 0.305 e. The van der Waals surface area contributed by atoms with Crippen LogP contribution in [0.25, 0.3) is 0 Å². The van der Waals surface area contributed by atoms with E-state index < -0.39 is 0 Å². The molecule has 0 atom stereocenters. The molecule has 0 aliphatic rings. The molecule has 0 unspecified atom stereocenters. The molecule has 0 amide bonds. The van der Waals surface area contributed by atoms with Crippen LogP contribution in [0.5, 0.6) is 0 Å². The van der Waals surface area contributed by atoms with Crippen molar-refractivity contribution in [1.29, 1.82) is 0 Å². The van der Waals surface area contributed by atoms with Crippen molar-refractivity contribution >= 4 is 12.3 Å². The van der Waals surface area contributed by atoms with Crippen molar-refractivity contribution in [2.75, 3.05) is 6.61 Å². The Morgan fingerprint density at radius 2 is 1.14 bits per heavy atom. The van der Waals surface area contributed by atoms with E-state index in [0.29, 0.717) is 13.0 Å². The van der Waals surface area contributed by atoms with E-state index in [1.165, 1.54) is 64.2 Å². The predicted molar refractivity (Wildman–Crippen MR) is 92.0 cm³/mol. The highest BCUT2D eigenvalue weighted by Crippen LogP contribution is 2.13. The van der Waals surface area contributed by atoms with Crippen molar-refractivity contribution < 1.29 is 14.3 Å². The van der Waals surface area contributed by atoms with Crippen LogP contribution in [0.3, 0.4) is 0 Å². The Bertz CT molecular complexity index is 251. The first-order valence-electron chi connectivity index (χ1n) is 9.40. The summed E-state index contributed by atoms with van der Waals surface area (Å²) < 4.78 is 4.91. The standard InChI is InChI=1S/C19H36O3/c1-2-22-19(21)17-15-13-11-9-7-5-3-4-6-8-10-12-14-16-18-20/h18H,2-17H2,1H3. The monoisotopic (exact) mass is 312 g/mol. The first kappa shape index (κ1) is 21.1. The van der Waals surface area contributed by atoms with Crippen LogP contribution in [-0.2, 0) is 14.3 Å². The van der Waals surface area contributed by atoms with E-state index in [1.807, 2.05) is 6.92 Å². The van der Waals surface area contributed by atoms with Gasteiger partial charge in [0.15, 0.2) is 0 Å². The lowest BCUT2D eigenvalue weighted by atomic mass is 10.0. The van der Waals surface area contributed by atoms with Crippen molar-refractivity contribution in [2.45, 2.75) is 103 Å². The minimum atomic E-state index is -0.0475. The second-order valence-corrected chi connectivity index (χ2v) is 6.11. The topological polar surface area (TPSA) is 43.4 Å². The van der Waals surface area contributed by atoms with E-state index in [0.717, 1.165) is 32.0 Å². The van der Waals surface area contributed by atoms with Gasteiger partial charge in [-0.25, -0.2) is 0 Å². The number of ether oxygens (including phenoxy) is 1. The molecule has 0 bridgehead atoms. The van der Waals surface area contributed by atoms with Crippen LogP contribution in [0.15, 0.2) is 0 Å². The van der Waals surface area contributed by atoms with Crippen molar-refractivity contribution in [2.24, 2.45) is 0 Å². The van der Waals surface area contributed by atoms with Crippen LogP contribution >= 0.6 is 0 Å². The molecule has 0 radical (unpaired) electrons. The molecule has 0 saturated carbocycles. The molecule has 0 aliphatic heterocycles.